The number of rotatable bonds is 90. The number of nitrogens with zero attached hydrogens (tertiary/aromatic N) is 11. The number of primary amides is 1. The van der Waals surface area contributed by atoms with Gasteiger partial charge in [-0.3, -0.25) is 57.5 Å². The van der Waals surface area contributed by atoms with Crippen molar-refractivity contribution in [2.75, 3.05) is 437 Å². The van der Waals surface area contributed by atoms with Crippen molar-refractivity contribution in [1.29, 1.82) is 0 Å². The van der Waals surface area contributed by atoms with Crippen LogP contribution < -0.4 is 45.5 Å². The highest BCUT2D eigenvalue weighted by Gasteiger charge is 2.33. The fourth-order valence-electron chi connectivity index (χ4n) is 11.1. The molecule has 0 aliphatic carbocycles. The van der Waals surface area contributed by atoms with Crippen molar-refractivity contribution < 1.29 is 143 Å². The molecule has 0 fully saturated rings. The molecular formula is C78H153N19O30. The first-order valence-electron chi connectivity index (χ1n) is 42.7. The molecule has 0 aliphatic heterocycles. The number of nitrogens with one attached hydrogen (secondary N) is 1. The summed E-state index contributed by atoms with van der Waals surface area (Å²) in [7, 11) is 9.10. The predicted molar refractivity (Wildman–Crippen MR) is 460 cm³/mol. The van der Waals surface area contributed by atoms with Crippen LogP contribution in [0, 0.1) is 0 Å². The van der Waals surface area contributed by atoms with Crippen molar-refractivity contribution in [3.63, 3.8) is 0 Å². The Kier molecular flexibility index (Phi) is 78.2. The van der Waals surface area contributed by atoms with Crippen LogP contribution in [0.25, 0.3) is 0 Å². The van der Waals surface area contributed by atoms with Crippen LogP contribution in [0.3, 0.4) is 0 Å². The summed E-state index contributed by atoms with van der Waals surface area (Å²) in [5.41, 5.74) is 40.9. The van der Waals surface area contributed by atoms with E-state index in [4.69, 9.17) is 125 Å². The molecule has 0 heterocycles. The monoisotopic (exact) mass is 1840 g/mol. The van der Waals surface area contributed by atoms with Gasteiger partial charge in [0, 0.05) is 160 Å². The average Bonchev–Trinajstić information content (AvgIpc) is 0.860. The van der Waals surface area contributed by atoms with Gasteiger partial charge in [0.05, 0.1) is 277 Å². The van der Waals surface area contributed by atoms with Crippen LogP contribution in [-0.2, 0) is 143 Å². The van der Waals surface area contributed by atoms with E-state index in [1.54, 1.807) is 0 Å². The van der Waals surface area contributed by atoms with Gasteiger partial charge in [0.15, 0.2) is 0 Å². The van der Waals surface area contributed by atoms with Gasteiger partial charge in [-0.2, -0.15) is 0 Å². The van der Waals surface area contributed by atoms with Gasteiger partial charge >= 0.3 is 0 Å². The van der Waals surface area contributed by atoms with E-state index >= 15 is 19.2 Å². The minimum absolute atomic E-state index is 0.0206. The third kappa shape index (κ3) is 62.5. The van der Waals surface area contributed by atoms with Crippen molar-refractivity contribution in [3.05, 3.63) is 0 Å². The maximum Gasteiger partial charge on any atom is 0.242 e. The molecule has 12 amide bonds. The molecule has 0 bridgehead atoms. The van der Waals surface area contributed by atoms with Crippen LogP contribution in [0.1, 0.15) is 0 Å². The topological polar surface area (TPSA) is 601 Å². The fourth-order valence-corrected chi connectivity index (χ4v) is 11.1. The van der Waals surface area contributed by atoms with E-state index in [-0.39, 0.29) is 270 Å². The van der Waals surface area contributed by atoms with Gasteiger partial charge in [-0.25, -0.2) is 0 Å². The van der Waals surface area contributed by atoms with Gasteiger partial charge in [0.1, 0.15) is 0 Å². The summed E-state index contributed by atoms with van der Waals surface area (Å²) in [6, 6.07) is 0. The SMILES string of the molecule is COCCOCCOCCN(CC(N)=O)C(=O)CN(CCOCCOCCOC)C(=O)CN(CCOCCOCCOC)C(=O)CN(CCOCCOCCOC)C(=O)CN(CCOCCOCCOC)C(=O)CN(CCOCCOCCOC)C(=O)CN(CCN)C(=O)CN(CCN)C(=O)CN(CCN)C(=O)CN(CCN)C(=O)CN(CCN)C(=O)CNCCN. The van der Waals surface area contributed by atoms with Crippen LogP contribution in [0.4, 0.5) is 0 Å². The zero-order chi connectivity index (χ0) is 94.1. The Morgan fingerprint density at radius 1 is 0.189 bits per heavy atom. The third-order valence-electron chi connectivity index (χ3n) is 17.9. The number of ether oxygens (including phenoxy) is 18. The summed E-state index contributed by atoms with van der Waals surface area (Å²) in [6.07, 6.45) is 0. The van der Waals surface area contributed by atoms with Crippen LogP contribution in [-0.4, -0.2) is 562 Å². The number of hydrogen-bond donors (Lipinski definition) is 8. The van der Waals surface area contributed by atoms with E-state index in [2.05, 4.69) is 5.32 Å². The highest BCUT2D eigenvalue weighted by atomic mass is 16.6. The maximum atomic E-state index is 15.3. The third-order valence-corrected chi connectivity index (χ3v) is 17.9. The largest absolute Gasteiger partial charge is 0.382 e. The smallest absolute Gasteiger partial charge is 0.242 e. The molecule has 0 aromatic rings. The molecular weight excluding hydrogens is 1680 g/mol. The van der Waals surface area contributed by atoms with E-state index < -0.39 is 143 Å². The van der Waals surface area contributed by atoms with Crippen LogP contribution in [0.15, 0.2) is 0 Å². The molecule has 49 nitrogen and oxygen atoms in total. The van der Waals surface area contributed by atoms with E-state index in [9.17, 15) is 38.4 Å². The van der Waals surface area contributed by atoms with Gasteiger partial charge in [-0.15, -0.1) is 0 Å². The number of methoxy groups -OCH3 is 6. The zero-order valence-electron chi connectivity index (χ0n) is 76.1. The predicted octanol–water partition coefficient (Wildman–Crippen LogP) is -11.0. The van der Waals surface area contributed by atoms with Gasteiger partial charge in [-0.1, -0.05) is 0 Å². The second-order valence-corrected chi connectivity index (χ2v) is 27.6. The van der Waals surface area contributed by atoms with E-state index in [0.717, 1.165) is 49.0 Å². The van der Waals surface area contributed by atoms with Crippen molar-refractivity contribution in [3.8, 4) is 0 Å². The molecule has 0 saturated heterocycles. The lowest BCUT2D eigenvalue weighted by Crippen LogP contribution is -2.54. The van der Waals surface area contributed by atoms with Crippen LogP contribution in [0.2, 0.25) is 0 Å². The molecule has 0 unspecified atom stereocenters. The second kappa shape index (κ2) is 83.0. The van der Waals surface area contributed by atoms with Gasteiger partial charge in [0.25, 0.3) is 0 Å². The number of hydrogen-bond acceptors (Lipinski definition) is 37. The van der Waals surface area contributed by atoms with Crippen LogP contribution >= 0.6 is 0 Å². The van der Waals surface area contributed by atoms with Crippen LogP contribution in [0.5, 0.6) is 0 Å². The lowest BCUT2D eigenvalue weighted by atomic mass is 10.3. The molecule has 0 aromatic heterocycles. The van der Waals surface area contributed by atoms with Gasteiger partial charge < -0.3 is 185 Å². The molecule has 0 rings (SSSR count). The number of carbonyl (C=O) groups excluding carboxylic acids is 12. The Morgan fingerprint density at radius 2 is 0.331 bits per heavy atom. The molecule has 0 aromatic carbocycles. The molecule has 0 radical (unpaired) electrons. The summed E-state index contributed by atoms with van der Waals surface area (Å²) in [5, 5.41) is 2.88. The van der Waals surface area contributed by atoms with Crippen molar-refractivity contribution in [2.24, 2.45) is 40.1 Å². The summed E-state index contributed by atoms with van der Waals surface area (Å²) >= 11 is 0. The van der Waals surface area contributed by atoms with Crippen molar-refractivity contribution in [2.45, 2.75) is 0 Å². The maximum absolute atomic E-state index is 15.3. The number of carbonyl (C=O) groups is 12. The van der Waals surface area contributed by atoms with Crippen molar-refractivity contribution >= 4 is 70.9 Å². The second-order valence-electron chi connectivity index (χ2n) is 27.6. The number of amides is 12. The lowest BCUT2D eigenvalue weighted by Gasteiger charge is -2.33. The summed E-state index contributed by atoms with van der Waals surface area (Å²) in [5.74, 6) is -9.01. The summed E-state index contributed by atoms with van der Waals surface area (Å²) in [4.78, 5) is 185. The number of nitrogens with two attached hydrogens (primary N) is 7. The zero-order valence-corrected chi connectivity index (χ0v) is 76.1. The molecule has 127 heavy (non-hydrogen) atoms. The van der Waals surface area contributed by atoms with Gasteiger partial charge in [-0.05, 0) is 0 Å². The highest BCUT2D eigenvalue weighted by molar-refractivity contribution is 5.95. The van der Waals surface area contributed by atoms with E-state index in [1.807, 2.05) is 0 Å². The Hall–Kier alpha value is -7.36. The molecule has 15 N–H and O–H groups in total. The molecule has 0 spiro atoms. The van der Waals surface area contributed by atoms with E-state index in [1.165, 1.54) is 47.6 Å². The fraction of sp³-hybridized carbons (Fsp3) is 0.846. The molecule has 49 heteroatoms. The minimum atomic E-state index is -0.851. The van der Waals surface area contributed by atoms with Crippen molar-refractivity contribution in [1.82, 2.24) is 59.2 Å². The van der Waals surface area contributed by atoms with E-state index in [0.29, 0.717) is 52.8 Å². The molecule has 0 aliphatic rings. The molecule has 740 valence electrons. The highest BCUT2D eigenvalue weighted by Crippen LogP contribution is 2.10. The lowest BCUT2D eigenvalue weighted by molar-refractivity contribution is -0.150. The minimum Gasteiger partial charge on any atom is -0.382 e. The first-order valence-corrected chi connectivity index (χ1v) is 42.7. The van der Waals surface area contributed by atoms with Gasteiger partial charge in [0.2, 0.25) is 70.9 Å². The Balaban J connectivity index is 7.97. The standard InChI is InChI=1S/C78H153N19O30/c1-110-31-37-122-49-43-116-25-19-92(56-67(85)98)73(104)62-93(20-26-117-44-50-123-38-32-111-2)75(106)64-95(22-28-119-46-52-125-40-34-113-4)77(108)66-97(24-30-121-48-54-127-42-36-115-6)78(109)65-96(23-29-120-47-53-126-41-35-114-5)76(107)63-94(21-27-118-45-51-124-39-33-112-3)74(105)61-91(18-12-84)72(103)60-90(17-11-83)71(102)59-89(16-10-82)70(101)58-88(15-9-81)69(100)57-87(14-8-80)68(99)55-86-13-7-79/h86H,7-66,79-84H2,1-6H3,(H2,85,98). The summed E-state index contributed by atoms with van der Waals surface area (Å²) in [6.45, 7) is -5.87. The first-order chi connectivity index (χ1) is 61.5. The average molecular weight is 1840 g/mol. The normalized spacial score (nSPS) is 11.2. The Bertz CT molecular complexity index is 2890. The molecule has 0 saturated carbocycles. The summed E-state index contributed by atoms with van der Waals surface area (Å²) < 4.78 is 98.8. The Labute approximate surface area is 747 Å². The molecule has 0 atom stereocenters. The quantitative estimate of drug-likeness (QED) is 0.0262. The Morgan fingerprint density at radius 3 is 0.480 bits per heavy atom. The first kappa shape index (κ1) is 120.